The van der Waals surface area contributed by atoms with Gasteiger partial charge in [0.2, 0.25) is 0 Å². The minimum Gasteiger partial charge on any atom is -0.490 e. The van der Waals surface area contributed by atoms with Crippen LogP contribution >= 0.6 is 0 Å². The van der Waals surface area contributed by atoms with E-state index in [2.05, 4.69) is 22.5 Å². The monoisotopic (exact) mass is 335 g/mol. The number of nitrogens with one attached hydrogen (secondary N) is 2. The molecule has 1 heterocycles. The number of amides is 1. The number of carbonyl (C=O) groups is 1. The number of nitrogens with zero attached hydrogens (tertiary/aromatic N) is 1. The van der Waals surface area contributed by atoms with Gasteiger partial charge in [-0.2, -0.15) is 0 Å². The van der Waals surface area contributed by atoms with Crippen LogP contribution in [0.25, 0.3) is 0 Å². The predicted molar refractivity (Wildman–Crippen MR) is 95.0 cm³/mol. The van der Waals surface area contributed by atoms with Gasteiger partial charge in [-0.1, -0.05) is 6.92 Å². The Balaban J connectivity index is 1.89. The maximum atomic E-state index is 12.3. The van der Waals surface area contributed by atoms with Crippen LogP contribution < -0.4 is 20.1 Å². The van der Waals surface area contributed by atoms with Crippen molar-refractivity contribution in [2.75, 3.05) is 52.5 Å². The van der Waals surface area contributed by atoms with Crippen molar-refractivity contribution in [3.8, 4) is 11.5 Å². The Bertz CT molecular complexity index is 516. The fraction of sp³-hybridized carbons (Fsp3) is 0.611. The summed E-state index contributed by atoms with van der Waals surface area (Å²) in [6.45, 7) is 10.8. The minimum absolute atomic E-state index is 0.0758. The highest BCUT2D eigenvalue weighted by Crippen LogP contribution is 2.28. The molecule has 1 saturated heterocycles. The number of hydrogen-bond donors (Lipinski definition) is 2. The van der Waals surface area contributed by atoms with Gasteiger partial charge in [0.05, 0.1) is 13.2 Å². The minimum atomic E-state index is -0.0758. The number of piperazine rings is 1. The smallest absolute Gasteiger partial charge is 0.251 e. The standard InChI is InChI=1S/C18H29N3O3/c1-3-13-24-16-6-5-15(14-17(16)23-4-2)18(22)20-9-12-21-10-7-19-8-11-21/h5-6,14,19H,3-4,7-13H2,1-2H3,(H,20,22). The summed E-state index contributed by atoms with van der Waals surface area (Å²) in [6, 6.07) is 5.36. The molecule has 24 heavy (non-hydrogen) atoms. The van der Waals surface area contributed by atoms with Gasteiger partial charge in [0.1, 0.15) is 0 Å². The van der Waals surface area contributed by atoms with Crippen molar-refractivity contribution in [2.45, 2.75) is 20.3 Å². The zero-order chi connectivity index (χ0) is 17.2. The molecule has 1 amide bonds. The Morgan fingerprint density at radius 1 is 1.21 bits per heavy atom. The first kappa shape index (κ1) is 18.5. The maximum absolute atomic E-state index is 12.3. The molecule has 0 bridgehead atoms. The number of hydrogen-bond acceptors (Lipinski definition) is 5. The quantitative estimate of drug-likeness (QED) is 0.716. The highest BCUT2D eigenvalue weighted by molar-refractivity contribution is 5.94. The van der Waals surface area contributed by atoms with E-state index in [-0.39, 0.29) is 5.91 Å². The summed E-state index contributed by atoms with van der Waals surface area (Å²) in [5.41, 5.74) is 0.600. The van der Waals surface area contributed by atoms with Crippen LogP contribution in [0.3, 0.4) is 0 Å². The van der Waals surface area contributed by atoms with E-state index in [4.69, 9.17) is 9.47 Å². The predicted octanol–water partition coefficient (Wildman–Crippen LogP) is 1.51. The van der Waals surface area contributed by atoms with Crippen molar-refractivity contribution < 1.29 is 14.3 Å². The molecule has 0 aliphatic carbocycles. The van der Waals surface area contributed by atoms with E-state index in [1.807, 2.05) is 13.0 Å². The first-order valence-electron chi connectivity index (χ1n) is 8.85. The van der Waals surface area contributed by atoms with Gasteiger partial charge in [0.25, 0.3) is 5.91 Å². The van der Waals surface area contributed by atoms with E-state index in [1.165, 1.54) is 0 Å². The second kappa shape index (κ2) is 10.2. The largest absolute Gasteiger partial charge is 0.490 e. The van der Waals surface area contributed by atoms with E-state index in [1.54, 1.807) is 12.1 Å². The Morgan fingerprint density at radius 2 is 2.00 bits per heavy atom. The van der Waals surface area contributed by atoms with Gasteiger partial charge >= 0.3 is 0 Å². The lowest BCUT2D eigenvalue weighted by molar-refractivity contribution is 0.0946. The third-order valence-corrected chi connectivity index (χ3v) is 3.89. The van der Waals surface area contributed by atoms with E-state index < -0.39 is 0 Å². The first-order chi connectivity index (χ1) is 11.7. The molecule has 6 nitrogen and oxygen atoms in total. The summed E-state index contributed by atoms with van der Waals surface area (Å²) in [5.74, 6) is 1.24. The summed E-state index contributed by atoms with van der Waals surface area (Å²) in [7, 11) is 0. The molecular weight excluding hydrogens is 306 g/mol. The summed E-state index contributed by atoms with van der Waals surface area (Å²) in [6.07, 6.45) is 0.930. The van der Waals surface area contributed by atoms with E-state index in [0.717, 1.165) is 39.1 Å². The summed E-state index contributed by atoms with van der Waals surface area (Å²) < 4.78 is 11.3. The van der Waals surface area contributed by atoms with Crippen molar-refractivity contribution in [3.63, 3.8) is 0 Å². The van der Waals surface area contributed by atoms with Crippen LogP contribution in [-0.2, 0) is 0 Å². The fourth-order valence-corrected chi connectivity index (χ4v) is 2.61. The van der Waals surface area contributed by atoms with E-state index in [9.17, 15) is 4.79 Å². The Hall–Kier alpha value is -1.79. The first-order valence-corrected chi connectivity index (χ1v) is 8.85. The lowest BCUT2D eigenvalue weighted by atomic mass is 10.2. The Kier molecular flexibility index (Phi) is 7.85. The van der Waals surface area contributed by atoms with Crippen LogP contribution in [0, 0.1) is 0 Å². The Morgan fingerprint density at radius 3 is 2.71 bits per heavy atom. The molecule has 0 spiro atoms. The van der Waals surface area contributed by atoms with Crippen molar-refractivity contribution in [3.05, 3.63) is 23.8 Å². The fourth-order valence-electron chi connectivity index (χ4n) is 2.61. The average molecular weight is 335 g/mol. The SMILES string of the molecule is CCCOc1ccc(C(=O)NCCN2CCNCC2)cc1OCC. The molecular formula is C18H29N3O3. The molecule has 1 aliphatic heterocycles. The summed E-state index contributed by atoms with van der Waals surface area (Å²) in [4.78, 5) is 14.7. The van der Waals surface area contributed by atoms with E-state index >= 15 is 0 Å². The molecule has 2 N–H and O–H groups in total. The number of carbonyl (C=O) groups excluding carboxylic acids is 1. The van der Waals surface area contributed by atoms with Crippen LogP contribution in [0.4, 0.5) is 0 Å². The lowest BCUT2D eigenvalue weighted by Gasteiger charge is -2.27. The highest BCUT2D eigenvalue weighted by Gasteiger charge is 2.13. The number of ether oxygens (including phenoxy) is 2. The molecule has 6 heteroatoms. The van der Waals surface area contributed by atoms with Gasteiger partial charge in [-0.25, -0.2) is 0 Å². The zero-order valence-corrected chi connectivity index (χ0v) is 14.8. The van der Waals surface area contributed by atoms with Crippen molar-refractivity contribution in [2.24, 2.45) is 0 Å². The molecule has 0 saturated carbocycles. The topological polar surface area (TPSA) is 62.8 Å². The van der Waals surface area contributed by atoms with Gasteiger partial charge in [-0.05, 0) is 31.5 Å². The second-order valence-corrected chi connectivity index (χ2v) is 5.79. The third-order valence-electron chi connectivity index (χ3n) is 3.89. The molecule has 1 aromatic rings. The average Bonchev–Trinajstić information content (AvgIpc) is 2.61. The van der Waals surface area contributed by atoms with Crippen LogP contribution in [-0.4, -0.2) is 63.3 Å². The van der Waals surface area contributed by atoms with Gasteiger partial charge in [0.15, 0.2) is 11.5 Å². The highest BCUT2D eigenvalue weighted by atomic mass is 16.5. The van der Waals surface area contributed by atoms with Crippen LogP contribution in [0.1, 0.15) is 30.6 Å². The van der Waals surface area contributed by atoms with Crippen molar-refractivity contribution in [1.29, 1.82) is 0 Å². The molecule has 2 rings (SSSR count). The van der Waals surface area contributed by atoms with Crippen molar-refractivity contribution in [1.82, 2.24) is 15.5 Å². The van der Waals surface area contributed by atoms with Crippen molar-refractivity contribution >= 4 is 5.91 Å². The van der Waals surface area contributed by atoms with Gasteiger partial charge < -0.3 is 20.1 Å². The number of benzene rings is 1. The van der Waals surface area contributed by atoms with E-state index in [0.29, 0.717) is 36.8 Å². The summed E-state index contributed by atoms with van der Waals surface area (Å²) >= 11 is 0. The van der Waals surface area contributed by atoms with Gasteiger partial charge in [-0.3, -0.25) is 9.69 Å². The third kappa shape index (κ3) is 5.69. The van der Waals surface area contributed by atoms with Gasteiger partial charge in [-0.15, -0.1) is 0 Å². The molecule has 0 atom stereocenters. The molecule has 134 valence electrons. The number of rotatable bonds is 9. The van der Waals surface area contributed by atoms with Crippen LogP contribution in [0.5, 0.6) is 11.5 Å². The molecule has 0 radical (unpaired) electrons. The Labute approximate surface area is 144 Å². The molecule has 0 aromatic heterocycles. The molecule has 1 aromatic carbocycles. The molecule has 0 unspecified atom stereocenters. The van der Waals surface area contributed by atoms with Crippen LogP contribution in [0.15, 0.2) is 18.2 Å². The zero-order valence-electron chi connectivity index (χ0n) is 14.8. The molecule has 1 fully saturated rings. The normalized spacial score (nSPS) is 15.1. The molecule has 1 aliphatic rings. The lowest BCUT2D eigenvalue weighted by Crippen LogP contribution is -2.46. The second-order valence-electron chi connectivity index (χ2n) is 5.79. The maximum Gasteiger partial charge on any atom is 0.251 e. The van der Waals surface area contributed by atoms with Gasteiger partial charge in [0, 0.05) is 44.8 Å². The summed E-state index contributed by atoms with van der Waals surface area (Å²) in [5, 5.41) is 6.30. The van der Waals surface area contributed by atoms with Crippen LogP contribution in [0.2, 0.25) is 0 Å².